The zero-order valence-electron chi connectivity index (χ0n) is 26.5. The number of carbonyl (C=O) groups is 2. The number of ether oxygens (including phenoxy) is 2. The van der Waals surface area contributed by atoms with Crippen LogP contribution in [0.1, 0.15) is 30.7 Å². The van der Waals surface area contributed by atoms with Gasteiger partial charge in [0.1, 0.15) is 11.5 Å². The molecule has 0 unspecified atom stereocenters. The van der Waals surface area contributed by atoms with E-state index in [1.54, 1.807) is 69.3 Å². The molecule has 5 rings (SSSR count). The number of halogens is 1. The van der Waals surface area contributed by atoms with Gasteiger partial charge < -0.3 is 9.47 Å². The maximum Gasteiger partial charge on any atom is 0.421 e. The molecule has 0 saturated heterocycles. The molecule has 0 saturated carbocycles. The predicted octanol–water partition coefficient (Wildman–Crippen LogP) is 8.79. The zero-order valence-corrected chi connectivity index (χ0v) is 29.8. The van der Waals surface area contributed by atoms with Gasteiger partial charge in [-0.25, -0.2) is 9.69 Å². The van der Waals surface area contributed by atoms with Gasteiger partial charge in [0.25, 0.3) is 0 Å². The Bertz CT molecular complexity index is 1890. The molecule has 2 amide bonds. The molecule has 0 aliphatic carbocycles. The smallest absolute Gasteiger partial charge is 0.421 e. The number of aryl methyl sites for hydroxylation is 1. The van der Waals surface area contributed by atoms with Crippen molar-refractivity contribution in [1.82, 2.24) is 4.98 Å². The van der Waals surface area contributed by atoms with Crippen LogP contribution in [0.15, 0.2) is 121 Å². The first-order chi connectivity index (χ1) is 23.0. The number of aromatic nitrogens is 1. The third-order valence-corrected chi connectivity index (χ3v) is 11.9. The number of hydrogen-bond acceptors (Lipinski definition) is 7. The lowest BCUT2D eigenvalue weighted by Gasteiger charge is -2.23. The van der Waals surface area contributed by atoms with Crippen LogP contribution in [0.2, 0.25) is 5.02 Å². The third kappa shape index (κ3) is 9.79. The van der Waals surface area contributed by atoms with E-state index in [2.05, 4.69) is 35.3 Å². The Balaban J connectivity index is 0.000000287. The van der Waals surface area contributed by atoms with E-state index in [9.17, 15) is 9.59 Å². The number of hydrogen-bond donors (Lipinski definition) is 1. The molecule has 1 aromatic heterocycles. The van der Waals surface area contributed by atoms with E-state index >= 15 is 0 Å². The molecular formula is C37H33ClN3O4PS2. The van der Waals surface area contributed by atoms with Crippen molar-refractivity contribution in [2.24, 2.45) is 0 Å². The number of rotatable bonds is 8. The number of nitriles is 1. The van der Waals surface area contributed by atoms with E-state index in [1.807, 2.05) is 36.4 Å². The van der Waals surface area contributed by atoms with Crippen molar-refractivity contribution < 1.29 is 19.1 Å². The summed E-state index contributed by atoms with van der Waals surface area (Å²) in [6.45, 7) is 5.09. The average Bonchev–Trinajstić information content (AvgIpc) is 3.09. The summed E-state index contributed by atoms with van der Waals surface area (Å²) in [6, 6.07) is 37.5. The maximum atomic E-state index is 13.1. The second kappa shape index (κ2) is 17.1. The van der Waals surface area contributed by atoms with Crippen LogP contribution in [-0.4, -0.2) is 23.1 Å². The van der Waals surface area contributed by atoms with Crippen molar-refractivity contribution in [1.29, 1.82) is 5.26 Å². The third-order valence-electron chi connectivity index (χ3n) is 6.76. The van der Waals surface area contributed by atoms with Crippen molar-refractivity contribution in [2.75, 3.05) is 4.90 Å². The van der Waals surface area contributed by atoms with Crippen LogP contribution >= 0.6 is 29.1 Å². The second-order valence-electron chi connectivity index (χ2n) is 10.7. The Morgan fingerprint density at radius 1 is 0.896 bits per heavy atom. The standard InChI is InChI=1S/C25H22ClN3O4.C12H11PS2/c1-16(2)32-25(31)29(22-12-13-28-17(3)24(22)26)23(30)14-18-4-8-20(9-5-18)33-21-10-6-19(15-27)7-11-21;14-13(15,11-7-3-1-4-8-11)12-9-5-2-6-10-12/h4-13,16H,14H2,1-3H3;1-10H,(H,14,15). The van der Waals surface area contributed by atoms with Gasteiger partial charge in [-0.2, -0.15) is 5.26 Å². The number of thiol groups is 1. The van der Waals surface area contributed by atoms with Crippen molar-refractivity contribution >= 4 is 69.2 Å². The van der Waals surface area contributed by atoms with Gasteiger partial charge in [0.05, 0.1) is 45.8 Å². The molecule has 0 atom stereocenters. The largest absolute Gasteiger partial charge is 0.457 e. The Morgan fingerprint density at radius 3 is 1.92 bits per heavy atom. The molecule has 1 heterocycles. The quantitative estimate of drug-likeness (QED) is 0.127. The normalized spacial score (nSPS) is 10.7. The fraction of sp³-hybridized carbons (Fsp3) is 0.135. The van der Waals surface area contributed by atoms with E-state index in [1.165, 1.54) is 12.3 Å². The van der Waals surface area contributed by atoms with Crippen LogP contribution < -0.4 is 20.2 Å². The van der Waals surface area contributed by atoms with Gasteiger partial charge in [-0.3, -0.25) is 9.78 Å². The van der Waals surface area contributed by atoms with Gasteiger partial charge in [-0.1, -0.05) is 96.2 Å². The number of carbonyl (C=O) groups excluding carboxylic acids is 2. The molecule has 48 heavy (non-hydrogen) atoms. The highest BCUT2D eigenvalue weighted by Crippen LogP contribution is 2.48. The minimum Gasteiger partial charge on any atom is -0.457 e. The molecule has 4 aromatic carbocycles. The molecule has 0 aliphatic rings. The average molecular weight is 714 g/mol. The Labute approximate surface area is 296 Å². The van der Waals surface area contributed by atoms with Gasteiger partial charge in [0.15, 0.2) is 0 Å². The molecule has 0 spiro atoms. The van der Waals surface area contributed by atoms with Crippen LogP contribution in [0, 0.1) is 18.3 Å². The molecular weight excluding hydrogens is 681 g/mol. The summed E-state index contributed by atoms with van der Waals surface area (Å²) in [6.07, 6.45) is 0.216. The second-order valence-corrected chi connectivity index (χ2v) is 17.5. The number of nitrogens with zero attached hydrogens (tertiary/aromatic N) is 3. The SMILES string of the molecule is Cc1nccc(N(C(=O)Cc2ccc(Oc3ccc(C#N)cc3)cc2)C(=O)OC(C)C)c1Cl.S=P(S)(c1ccccc1)c1ccccc1. The fourth-order valence-electron chi connectivity index (χ4n) is 4.37. The highest BCUT2D eigenvalue weighted by Gasteiger charge is 2.28. The van der Waals surface area contributed by atoms with Crippen molar-refractivity contribution in [3.05, 3.63) is 143 Å². The number of amides is 2. The summed E-state index contributed by atoms with van der Waals surface area (Å²) in [7, 11) is 0. The first-order valence-corrected chi connectivity index (χ1v) is 19.2. The molecule has 244 valence electrons. The van der Waals surface area contributed by atoms with Crippen LogP contribution in [0.3, 0.4) is 0 Å². The molecule has 7 nitrogen and oxygen atoms in total. The van der Waals surface area contributed by atoms with E-state index in [0.29, 0.717) is 28.3 Å². The Kier molecular flexibility index (Phi) is 13.0. The molecule has 0 radical (unpaired) electrons. The minimum atomic E-state index is -1.87. The lowest BCUT2D eigenvalue weighted by atomic mass is 10.1. The number of anilines is 1. The van der Waals surface area contributed by atoms with E-state index in [0.717, 1.165) is 15.5 Å². The molecule has 0 bridgehead atoms. The van der Waals surface area contributed by atoms with E-state index < -0.39 is 23.3 Å². The van der Waals surface area contributed by atoms with Crippen molar-refractivity contribution in [2.45, 2.75) is 33.3 Å². The first-order valence-electron chi connectivity index (χ1n) is 14.8. The summed E-state index contributed by atoms with van der Waals surface area (Å²) in [5.74, 6) is 0.664. The first kappa shape index (κ1) is 36.4. The van der Waals surface area contributed by atoms with Crippen LogP contribution in [-0.2, 0) is 27.8 Å². The van der Waals surface area contributed by atoms with Gasteiger partial charge in [0, 0.05) is 6.20 Å². The fourth-order valence-corrected chi connectivity index (χ4v) is 7.55. The monoisotopic (exact) mass is 713 g/mol. The van der Waals surface area contributed by atoms with Gasteiger partial charge >= 0.3 is 6.09 Å². The van der Waals surface area contributed by atoms with Gasteiger partial charge in [-0.05, 0) is 79.4 Å². The van der Waals surface area contributed by atoms with Crippen molar-refractivity contribution in [3.63, 3.8) is 0 Å². The maximum absolute atomic E-state index is 13.1. The van der Waals surface area contributed by atoms with Crippen LogP contribution in [0.5, 0.6) is 11.5 Å². The van der Waals surface area contributed by atoms with E-state index in [-0.39, 0.29) is 17.1 Å². The topological polar surface area (TPSA) is 92.5 Å². The molecule has 0 fully saturated rings. The van der Waals surface area contributed by atoms with E-state index in [4.69, 9.17) is 50.4 Å². The van der Waals surface area contributed by atoms with Gasteiger partial charge in [0.2, 0.25) is 5.91 Å². The molecule has 5 aromatic rings. The highest BCUT2D eigenvalue weighted by atomic mass is 35.5. The summed E-state index contributed by atoms with van der Waals surface area (Å²) in [5, 5.41) is 9.51. The molecule has 11 heteroatoms. The van der Waals surface area contributed by atoms with Crippen LogP contribution in [0.4, 0.5) is 10.5 Å². The highest BCUT2D eigenvalue weighted by molar-refractivity contribution is 8.68. The summed E-state index contributed by atoms with van der Waals surface area (Å²) in [4.78, 5) is 30.9. The Morgan fingerprint density at radius 2 is 1.42 bits per heavy atom. The van der Waals surface area contributed by atoms with Gasteiger partial charge in [-0.15, -0.1) is 12.2 Å². The lowest BCUT2D eigenvalue weighted by molar-refractivity contribution is -0.117. The van der Waals surface area contributed by atoms with Crippen LogP contribution in [0.25, 0.3) is 0 Å². The number of pyridine rings is 1. The lowest BCUT2D eigenvalue weighted by Crippen LogP contribution is -2.40. The Hall–Kier alpha value is -4.45. The zero-order chi connectivity index (χ0) is 34.7. The number of imide groups is 1. The van der Waals surface area contributed by atoms with Crippen molar-refractivity contribution in [3.8, 4) is 17.6 Å². The predicted molar refractivity (Wildman–Crippen MR) is 200 cm³/mol. The summed E-state index contributed by atoms with van der Waals surface area (Å²) in [5.41, 5.74) is 1.94. The summed E-state index contributed by atoms with van der Waals surface area (Å²) >= 11 is 16.7. The summed E-state index contributed by atoms with van der Waals surface area (Å²) < 4.78 is 11.0. The minimum absolute atomic E-state index is 0.0535. The molecule has 0 N–H and O–H groups in total. The molecule has 0 aliphatic heterocycles. The number of benzene rings is 4.